The number of nitrogens with two attached hydrogens (primary N) is 1. The Kier molecular flexibility index (Phi) is 4.04. The van der Waals surface area contributed by atoms with Crippen LogP contribution in [0.3, 0.4) is 0 Å². The van der Waals surface area contributed by atoms with E-state index in [1.165, 1.54) is 6.92 Å². The largest absolute Gasteiger partial charge is 0.353 e. The van der Waals surface area contributed by atoms with Crippen LogP contribution in [-0.2, 0) is 11.3 Å². The van der Waals surface area contributed by atoms with Crippen LogP contribution in [0.4, 0.5) is 5.82 Å². The molecule has 1 aliphatic heterocycles. The maximum Gasteiger partial charge on any atom is 0.217 e. The second-order valence-corrected chi connectivity index (χ2v) is 4.82. The Labute approximate surface area is 111 Å². The zero-order valence-corrected chi connectivity index (χ0v) is 11.1. The molecule has 1 unspecified atom stereocenters. The molecule has 2 rings (SSSR count). The summed E-state index contributed by atoms with van der Waals surface area (Å²) in [5.41, 5.74) is 6.52. The van der Waals surface area contributed by atoms with E-state index in [2.05, 4.69) is 15.2 Å². The van der Waals surface area contributed by atoms with E-state index in [-0.39, 0.29) is 11.9 Å². The van der Waals surface area contributed by atoms with E-state index >= 15 is 0 Å². The number of hydrogen-bond donors (Lipinski definition) is 2. The van der Waals surface area contributed by atoms with E-state index < -0.39 is 0 Å². The molecule has 18 heavy (non-hydrogen) atoms. The summed E-state index contributed by atoms with van der Waals surface area (Å²) in [7, 11) is 0. The zero-order chi connectivity index (χ0) is 13.1. The van der Waals surface area contributed by atoms with Crippen LogP contribution in [0.15, 0.2) is 12.3 Å². The van der Waals surface area contributed by atoms with Crippen LogP contribution in [0.2, 0.25) is 5.02 Å². The number of halogens is 1. The molecule has 2 heterocycles. The highest BCUT2D eigenvalue weighted by Crippen LogP contribution is 2.29. The van der Waals surface area contributed by atoms with Crippen molar-refractivity contribution in [2.24, 2.45) is 5.73 Å². The standard InChI is InChI=1S/C12H17ClN4O/c1-8(18)16-10-3-5-17(7-10)12-11(13)9(6-14)2-4-15-12/h2,4,10H,3,5-7,14H2,1H3,(H,16,18). The summed E-state index contributed by atoms with van der Waals surface area (Å²) in [6, 6.07) is 2.00. The van der Waals surface area contributed by atoms with Crippen LogP contribution in [0, 0.1) is 0 Å². The second-order valence-electron chi connectivity index (χ2n) is 4.44. The van der Waals surface area contributed by atoms with Gasteiger partial charge in [-0.05, 0) is 18.1 Å². The highest BCUT2D eigenvalue weighted by atomic mass is 35.5. The summed E-state index contributed by atoms with van der Waals surface area (Å²) in [6.07, 6.45) is 2.62. The van der Waals surface area contributed by atoms with Crippen molar-refractivity contribution in [1.29, 1.82) is 0 Å². The summed E-state index contributed by atoms with van der Waals surface area (Å²) in [5, 5.41) is 3.53. The van der Waals surface area contributed by atoms with Crippen molar-refractivity contribution in [3.63, 3.8) is 0 Å². The summed E-state index contributed by atoms with van der Waals surface area (Å²) in [4.78, 5) is 17.4. The summed E-state index contributed by atoms with van der Waals surface area (Å²) in [6.45, 7) is 3.51. The molecule has 0 aromatic carbocycles. The number of rotatable bonds is 3. The van der Waals surface area contributed by atoms with Crippen LogP contribution in [0.1, 0.15) is 18.9 Å². The molecule has 5 nitrogen and oxygen atoms in total. The second kappa shape index (κ2) is 5.54. The van der Waals surface area contributed by atoms with Crippen LogP contribution < -0.4 is 16.0 Å². The Hall–Kier alpha value is -1.33. The lowest BCUT2D eigenvalue weighted by molar-refractivity contribution is -0.119. The summed E-state index contributed by atoms with van der Waals surface area (Å²) in [5.74, 6) is 0.754. The average molecular weight is 269 g/mol. The Morgan fingerprint density at radius 3 is 3.17 bits per heavy atom. The Morgan fingerprint density at radius 2 is 2.50 bits per heavy atom. The van der Waals surface area contributed by atoms with Crippen molar-refractivity contribution < 1.29 is 4.79 Å². The van der Waals surface area contributed by atoms with Gasteiger partial charge in [-0.15, -0.1) is 0 Å². The predicted octanol–water partition coefficient (Wildman–Crippen LogP) is 0.908. The molecular weight excluding hydrogens is 252 g/mol. The van der Waals surface area contributed by atoms with Gasteiger partial charge >= 0.3 is 0 Å². The normalized spacial score (nSPS) is 19.1. The summed E-state index contributed by atoms with van der Waals surface area (Å²) < 4.78 is 0. The molecular formula is C12H17ClN4O. The average Bonchev–Trinajstić information content (AvgIpc) is 2.76. The molecule has 1 atom stereocenters. The topological polar surface area (TPSA) is 71.2 Å². The number of anilines is 1. The Bertz CT molecular complexity index is 452. The first-order chi connectivity index (χ1) is 8.61. The highest BCUT2D eigenvalue weighted by molar-refractivity contribution is 6.33. The van der Waals surface area contributed by atoms with Crippen molar-refractivity contribution in [3.8, 4) is 0 Å². The minimum atomic E-state index is -0.00313. The van der Waals surface area contributed by atoms with Gasteiger partial charge in [-0.3, -0.25) is 4.79 Å². The molecule has 0 spiro atoms. The number of nitrogens with one attached hydrogen (secondary N) is 1. The van der Waals surface area contributed by atoms with E-state index in [9.17, 15) is 4.79 Å². The van der Waals surface area contributed by atoms with Crippen LogP contribution >= 0.6 is 11.6 Å². The molecule has 0 bridgehead atoms. The lowest BCUT2D eigenvalue weighted by Gasteiger charge is -2.20. The quantitative estimate of drug-likeness (QED) is 0.855. The number of nitrogens with zero attached hydrogens (tertiary/aromatic N) is 2. The molecule has 1 aromatic heterocycles. The van der Waals surface area contributed by atoms with Crippen LogP contribution in [-0.4, -0.2) is 30.0 Å². The number of hydrogen-bond acceptors (Lipinski definition) is 4. The van der Waals surface area contributed by atoms with Crippen molar-refractivity contribution in [2.75, 3.05) is 18.0 Å². The zero-order valence-electron chi connectivity index (χ0n) is 10.3. The lowest BCUT2D eigenvalue weighted by Crippen LogP contribution is -2.35. The van der Waals surface area contributed by atoms with E-state index in [1.807, 2.05) is 6.07 Å². The number of aromatic nitrogens is 1. The molecule has 1 aliphatic rings. The fraction of sp³-hybridized carbons (Fsp3) is 0.500. The van der Waals surface area contributed by atoms with Gasteiger partial charge in [0.1, 0.15) is 5.82 Å². The van der Waals surface area contributed by atoms with E-state index in [0.717, 1.165) is 30.9 Å². The van der Waals surface area contributed by atoms with Crippen LogP contribution in [0.25, 0.3) is 0 Å². The minimum Gasteiger partial charge on any atom is -0.353 e. The first-order valence-electron chi connectivity index (χ1n) is 5.97. The van der Waals surface area contributed by atoms with Gasteiger partial charge in [0.25, 0.3) is 0 Å². The van der Waals surface area contributed by atoms with Gasteiger partial charge in [-0.2, -0.15) is 0 Å². The predicted molar refractivity (Wildman–Crippen MR) is 71.6 cm³/mol. The number of amides is 1. The lowest BCUT2D eigenvalue weighted by atomic mass is 10.2. The smallest absolute Gasteiger partial charge is 0.217 e. The molecule has 1 saturated heterocycles. The maximum atomic E-state index is 11.0. The SMILES string of the molecule is CC(=O)NC1CCN(c2nccc(CN)c2Cl)C1. The van der Waals surface area contributed by atoms with Crippen molar-refractivity contribution in [2.45, 2.75) is 25.9 Å². The maximum absolute atomic E-state index is 11.0. The van der Waals surface area contributed by atoms with E-state index in [4.69, 9.17) is 17.3 Å². The molecule has 3 N–H and O–H groups in total. The third kappa shape index (κ3) is 2.73. The number of carbonyl (C=O) groups excluding carboxylic acids is 1. The van der Waals surface area contributed by atoms with Gasteiger partial charge in [0.15, 0.2) is 0 Å². The molecule has 98 valence electrons. The first kappa shape index (κ1) is 13.1. The molecule has 0 radical (unpaired) electrons. The minimum absolute atomic E-state index is 0.00313. The molecule has 6 heteroatoms. The third-order valence-corrected chi connectivity index (χ3v) is 3.48. The molecule has 1 aromatic rings. The van der Waals surface area contributed by atoms with Crippen molar-refractivity contribution in [3.05, 3.63) is 22.8 Å². The van der Waals surface area contributed by atoms with Crippen LogP contribution in [0.5, 0.6) is 0 Å². The van der Waals surface area contributed by atoms with Crippen molar-refractivity contribution >= 4 is 23.3 Å². The Balaban J connectivity index is 2.12. The monoisotopic (exact) mass is 268 g/mol. The fourth-order valence-corrected chi connectivity index (χ4v) is 2.52. The van der Waals surface area contributed by atoms with Gasteiger partial charge in [-0.25, -0.2) is 4.98 Å². The van der Waals surface area contributed by atoms with E-state index in [0.29, 0.717) is 11.6 Å². The Morgan fingerprint density at radius 1 is 1.72 bits per heavy atom. The summed E-state index contributed by atoms with van der Waals surface area (Å²) >= 11 is 6.27. The molecule has 0 aliphatic carbocycles. The van der Waals surface area contributed by atoms with E-state index in [1.54, 1.807) is 6.20 Å². The first-order valence-corrected chi connectivity index (χ1v) is 6.35. The van der Waals surface area contributed by atoms with Gasteiger partial charge < -0.3 is 16.0 Å². The number of pyridine rings is 1. The van der Waals surface area contributed by atoms with Crippen molar-refractivity contribution in [1.82, 2.24) is 10.3 Å². The molecule has 0 saturated carbocycles. The number of carbonyl (C=O) groups is 1. The molecule has 1 fully saturated rings. The van der Waals surface area contributed by atoms with Gasteiger partial charge in [0.2, 0.25) is 5.91 Å². The third-order valence-electron chi connectivity index (χ3n) is 3.07. The fourth-order valence-electron chi connectivity index (χ4n) is 2.21. The molecule has 1 amide bonds. The highest BCUT2D eigenvalue weighted by Gasteiger charge is 2.25. The van der Waals surface area contributed by atoms with Gasteiger partial charge in [-0.1, -0.05) is 11.6 Å². The van der Waals surface area contributed by atoms with Gasteiger partial charge in [0.05, 0.1) is 5.02 Å². The van der Waals surface area contributed by atoms with Gasteiger partial charge in [0, 0.05) is 38.8 Å².